The van der Waals surface area contributed by atoms with E-state index in [0.29, 0.717) is 22.4 Å². The zero-order valence-electron chi connectivity index (χ0n) is 13.0. The van der Waals surface area contributed by atoms with Crippen molar-refractivity contribution >= 4 is 34.8 Å². The Kier molecular flexibility index (Phi) is 3.87. The molecule has 4 nitrogen and oxygen atoms in total. The lowest BCUT2D eigenvalue weighted by Crippen LogP contribution is -2.56. The Bertz CT molecular complexity index is 682. The fourth-order valence-corrected chi connectivity index (χ4v) is 4.66. The van der Waals surface area contributed by atoms with Crippen molar-refractivity contribution in [2.75, 3.05) is 13.1 Å². The van der Waals surface area contributed by atoms with Crippen molar-refractivity contribution in [2.24, 2.45) is 11.0 Å². The molecule has 122 valence electrons. The predicted octanol–water partition coefficient (Wildman–Crippen LogP) is 3.74. The van der Waals surface area contributed by atoms with Gasteiger partial charge < -0.3 is 0 Å². The van der Waals surface area contributed by atoms with Crippen LogP contribution >= 0.6 is 23.2 Å². The molecule has 5 rings (SSSR count). The molecule has 1 aromatic rings. The summed E-state index contributed by atoms with van der Waals surface area (Å²) in [4.78, 5) is 14.9. The molecular weight excluding hydrogens is 333 g/mol. The molecule has 23 heavy (non-hydrogen) atoms. The summed E-state index contributed by atoms with van der Waals surface area (Å²) >= 11 is 12.5. The van der Waals surface area contributed by atoms with E-state index in [-0.39, 0.29) is 18.0 Å². The number of hydrazone groups is 1. The molecule has 4 aliphatic heterocycles. The zero-order chi connectivity index (χ0) is 16.1. The lowest BCUT2D eigenvalue weighted by atomic mass is 9.78. The summed E-state index contributed by atoms with van der Waals surface area (Å²) < 4.78 is 0. The lowest BCUT2D eigenvalue weighted by Gasteiger charge is -2.46. The maximum Gasteiger partial charge on any atom is 0.243 e. The number of benzene rings is 1. The van der Waals surface area contributed by atoms with Crippen LogP contribution in [0.3, 0.4) is 0 Å². The first-order chi connectivity index (χ1) is 11.1. The molecule has 2 atom stereocenters. The third-order valence-electron chi connectivity index (χ3n) is 5.27. The van der Waals surface area contributed by atoms with Gasteiger partial charge in [0.2, 0.25) is 5.91 Å². The first kappa shape index (κ1) is 15.4. The normalized spacial score (nSPS) is 32.0. The van der Waals surface area contributed by atoms with Crippen LogP contribution in [0.5, 0.6) is 0 Å². The zero-order valence-corrected chi connectivity index (χ0v) is 14.5. The van der Waals surface area contributed by atoms with Gasteiger partial charge in [0.25, 0.3) is 0 Å². The van der Waals surface area contributed by atoms with Crippen molar-refractivity contribution in [2.45, 2.75) is 38.3 Å². The van der Waals surface area contributed by atoms with E-state index in [4.69, 9.17) is 28.3 Å². The summed E-state index contributed by atoms with van der Waals surface area (Å²) in [6.45, 7) is 4.02. The van der Waals surface area contributed by atoms with Crippen LogP contribution in [0.2, 0.25) is 10.0 Å². The summed E-state index contributed by atoms with van der Waals surface area (Å²) in [7, 11) is 0. The molecule has 0 spiro atoms. The average Bonchev–Trinajstić information content (AvgIpc) is 2.97. The highest BCUT2D eigenvalue weighted by molar-refractivity contribution is 6.35. The summed E-state index contributed by atoms with van der Waals surface area (Å²) in [6, 6.07) is 5.56. The smallest absolute Gasteiger partial charge is 0.243 e. The first-order valence-corrected chi connectivity index (χ1v) is 8.95. The van der Waals surface area contributed by atoms with Gasteiger partial charge in [-0.25, -0.2) is 5.01 Å². The van der Waals surface area contributed by atoms with Crippen LogP contribution in [0.1, 0.15) is 37.8 Å². The Morgan fingerprint density at radius 1 is 1.26 bits per heavy atom. The number of rotatable bonds is 2. The molecule has 3 fully saturated rings. The molecule has 0 saturated carbocycles. The SMILES string of the molecule is CCC(=O)N1N=C2C3CCN(CC3)C2C1c1ccc(Cl)cc1Cl. The average molecular weight is 352 g/mol. The van der Waals surface area contributed by atoms with Crippen molar-refractivity contribution in [3.05, 3.63) is 33.8 Å². The number of carbonyl (C=O) groups is 1. The number of nitrogens with zero attached hydrogens (tertiary/aromatic N) is 3. The standard InChI is InChI=1S/C17H19Cl2N3O/c1-2-14(23)22-16(12-4-3-11(18)9-13(12)19)17-15(20-22)10-5-7-21(17)8-6-10/h3-4,9-10,16-17H,2,5-8H2,1H3. The number of hydrogen-bond acceptors (Lipinski definition) is 3. The predicted molar refractivity (Wildman–Crippen MR) is 91.9 cm³/mol. The third-order valence-corrected chi connectivity index (χ3v) is 5.83. The van der Waals surface area contributed by atoms with Gasteiger partial charge in [0, 0.05) is 22.4 Å². The van der Waals surface area contributed by atoms with Crippen LogP contribution in [0.25, 0.3) is 0 Å². The molecule has 0 aliphatic carbocycles. The van der Waals surface area contributed by atoms with Gasteiger partial charge in [-0.3, -0.25) is 9.69 Å². The number of piperidine rings is 3. The van der Waals surface area contributed by atoms with Crippen LogP contribution in [0.15, 0.2) is 23.3 Å². The molecule has 0 radical (unpaired) electrons. The summed E-state index contributed by atoms with van der Waals surface area (Å²) in [6.07, 6.45) is 2.73. The second-order valence-electron chi connectivity index (χ2n) is 6.48. The topological polar surface area (TPSA) is 35.9 Å². The van der Waals surface area contributed by atoms with Crippen molar-refractivity contribution < 1.29 is 4.79 Å². The third kappa shape index (κ3) is 2.39. The first-order valence-electron chi connectivity index (χ1n) is 8.19. The van der Waals surface area contributed by atoms with Crippen LogP contribution in [-0.2, 0) is 4.79 Å². The molecule has 3 saturated heterocycles. The Morgan fingerprint density at radius 2 is 2.00 bits per heavy atom. The monoisotopic (exact) mass is 351 g/mol. The van der Waals surface area contributed by atoms with E-state index in [9.17, 15) is 4.79 Å². The number of amides is 1. The molecule has 1 aromatic carbocycles. The molecule has 2 unspecified atom stereocenters. The maximum atomic E-state index is 12.5. The van der Waals surface area contributed by atoms with E-state index in [1.807, 2.05) is 19.1 Å². The Morgan fingerprint density at radius 3 is 2.65 bits per heavy atom. The van der Waals surface area contributed by atoms with Crippen LogP contribution in [-0.4, -0.2) is 40.7 Å². The van der Waals surface area contributed by atoms with Gasteiger partial charge in [-0.1, -0.05) is 36.2 Å². The van der Waals surface area contributed by atoms with Gasteiger partial charge in [-0.2, -0.15) is 5.10 Å². The van der Waals surface area contributed by atoms with Gasteiger partial charge in [0.05, 0.1) is 11.8 Å². The molecule has 0 N–H and O–H groups in total. The molecule has 0 aromatic heterocycles. The summed E-state index contributed by atoms with van der Waals surface area (Å²) in [5.41, 5.74) is 2.11. The van der Waals surface area contributed by atoms with Gasteiger partial charge in [-0.05, 0) is 43.6 Å². The maximum absolute atomic E-state index is 12.5. The summed E-state index contributed by atoms with van der Waals surface area (Å²) in [5.74, 6) is 0.553. The van der Waals surface area contributed by atoms with E-state index < -0.39 is 0 Å². The van der Waals surface area contributed by atoms with E-state index in [2.05, 4.69) is 4.90 Å². The molecule has 2 bridgehead atoms. The van der Waals surface area contributed by atoms with Crippen molar-refractivity contribution in [1.29, 1.82) is 0 Å². The van der Waals surface area contributed by atoms with E-state index in [0.717, 1.165) is 31.5 Å². The minimum atomic E-state index is -0.134. The van der Waals surface area contributed by atoms with Crippen molar-refractivity contribution in [1.82, 2.24) is 9.91 Å². The second kappa shape index (κ2) is 5.76. The van der Waals surface area contributed by atoms with Gasteiger partial charge in [0.15, 0.2) is 0 Å². The largest absolute Gasteiger partial charge is 0.293 e. The molecular formula is C17H19Cl2N3O. The number of carbonyl (C=O) groups excluding carboxylic acids is 1. The second-order valence-corrected chi connectivity index (χ2v) is 7.33. The van der Waals surface area contributed by atoms with Crippen LogP contribution < -0.4 is 0 Å². The Hall–Kier alpha value is -1.10. The van der Waals surface area contributed by atoms with Gasteiger partial charge in [-0.15, -0.1) is 0 Å². The Labute approximate surface area is 146 Å². The fraction of sp³-hybridized carbons (Fsp3) is 0.529. The van der Waals surface area contributed by atoms with Gasteiger partial charge in [0.1, 0.15) is 6.04 Å². The number of hydrogen-bond donors (Lipinski definition) is 0. The van der Waals surface area contributed by atoms with E-state index in [1.165, 1.54) is 5.71 Å². The Balaban J connectivity index is 1.80. The molecule has 4 heterocycles. The number of halogens is 2. The molecule has 4 aliphatic rings. The molecule has 6 heteroatoms. The van der Waals surface area contributed by atoms with E-state index >= 15 is 0 Å². The fourth-order valence-electron chi connectivity index (χ4n) is 4.14. The highest BCUT2D eigenvalue weighted by atomic mass is 35.5. The minimum absolute atomic E-state index is 0.0449. The van der Waals surface area contributed by atoms with E-state index in [1.54, 1.807) is 11.1 Å². The number of fused-ring (bicyclic) bond motifs is 2. The van der Waals surface area contributed by atoms with Crippen LogP contribution in [0, 0.1) is 5.92 Å². The molecule has 1 amide bonds. The van der Waals surface area contributed by atoms with Crippen molar-refractivity contribution in [3.8, 4) is 0 Å². The van der Waals surface area contributed by atoms with Crippen LogP contribution in [0.4, 0.5) is 0 Å². The minimum Gasteiger partial charge on any atom is -0.293 e. The highest BCUT2D eigenvalue weighted by Crippen LogP contribution is 2.45. The summed E-state index contributed by atoms with van der Waals surface area (Å²) in [5, 5.41) is 7.64. The lowest BCUT2D eigenvalue weighted by molar-refractivity contribution is -0.133. The highest BCUT2D eigenvalue weighted by Gasteiger charge is 2.51. The van der Waals surface area contributed by atoms with Crippen molar-refractivity contribution in [3.63, 3.8) is 0 Å². The quantitative estimate of drug-likeness (QED) is 0.813. The van der Waals surface area contributed by atoms with Gasteiger partial charge >= 0.3 is 0 Å².